The van der Waals surface area contributed by atoms with Gasteiger partial charge in [-0.1, -0.05) is 35.9 Å². The molecule has 0 bridgehead atoms. The number of aromatic nitrogens is 2. The Morgan fingerprint density at radius 1 is 1.19 bits per heavy atom. The smallest absolute Gasteiger partial charge is 0.0741 e. The van der Waals surface area contributed by atoms with Gasteiger partial charge in [-0.15, -0.1) is 0 Å². The van der Waals surface area contributed by atoms with Gasteiger partial charge in [-0.3, -0.25) is 0 Å². The summed E-state index contributed by atoms with van der Waals surface area (Å²) in [5, 5.41) is 9.38. The number of hydrogen-bond donors (Lipinski definition) is 1. The average Bonchev–Trinajstić information content (AvgIpc) is 3.24. The van der Waals surface area contributed by atoms with Crippen molar-refractivity contribution in [1.82, 2.24) is 15.1 Å². The fourth-order valence-electron chi connectivity index (χ4n) is 2.77. The van der Waals surface area contributed by atoms with Gasteiger partial charge in [-0.25, -0.2) is 4.68 Å². The second-order valence-electron chi connectivity index (χ2n) is 5.90. The summed E-state index contributed by atoms with van der Waals surface area (Å²) >= 11 is 0. The molecule has 0 saturated heterocycles. The van der Waals surface area contributed by atoms with Gasteiger partial charge in [-0.2, -0.15) is 5.10 Å². The quantitative estimate of drug-likeness (QED) is 0.790. The molecule has 3 nitrogen and oxygen atoms in total. The van der Waals surface area contributed by atoms with E-state index >= 15 is 0 Å². The number of aryl methyl sites for hydroxylation is 1. The highest BCUT2D eigenvalue weighted by Gasteiger charge is 2.20. The number of nitrogens with zero attached hydrogens (tertiary/aromatic N) is 2. The maximum Gasteiger partial charge on any atom is 0.0741 e. The molecule has 1 fully saturated rings. The Hall–Kier alpha value is -2.13. The molecule has 0 atom stereocenters. The molecule has 1 aliphatic rings. The molecule has 106 valence electrons. The van der Waals surface area contributed by atoms with Gasteiger partial charge >= 0.3 is 0 Å². The van der Waals surface area contributed by atoms with Gasteiger partial charge in [0.1, 0.15) is 0 Å². The van der Waals surface area contributed by atoms with Crippen LogP contribution in [0.2, 0.25) is 0 Å². The first kappa shape index (κ1) is 12.6. The van der Waals surface area contributed by atoms with Crippen molar-refractivity contribution in [3.05, 3.63) is 59.8 Å². The van der Waals surface area contributed by atoms with Crippen LogP contribution in [0.4, 0.5) is 0 Å². The molecular weight excluding hydrogens is 258 g/mol. The van der Waals surface area contributed by atoms with Crippen molar-refractivity contribution in [2.45, 2.75) is 32.4 Å². The lowest BCUT2D eigenvalue weighted by molar-refractivity contribution is 0.682. The van der Waals surface area contributed by atoms with E-state index < -0.39 is 0 Å². The van der Waals surface area contributed by atoms with Crippen LogP contribution in [-0.2, 0) is 6.54 Å². The van der Waals surface area contributed by atoms with Gasteiger partial charge < -0.3 is 5.32 Å². The van der Waals surface area contributed by atoms with E-state index in [1.165, 1.54) is 35.0 Å². The summed E-state index contributed by atoms with van der Waals surface area (Å²) in [4.78, 5) is 0. The Bertz CT molecular complexity index is 784. The number of hydrogen-bond acceptors (Lipinski definition) is 2. The molecule has 1 aromatic heterocycles. The third kappa shape index (κ3) is 2.45. The fourth-order valence-corrected chi connectivity index (χ4v) is 2.77. The Labute approximate surface area is 124 Å². The highest BCUT2D eigenvalue weighted by Crippen LogP contribution is 2.24. The van der Waals surface area contributed by atoms with E-state index in [0.717, 1.165) is 12.1 Å². The van der Waals surface area contributed by atoms with E-state index in [1.54, 1.807) is 0 Å². The van der Waals surface area contributed by atoms with Gasteiger partial charge in [0, 0.05) is 18.0 Å². The van der Waals surface area contributed by atoms with Crippen molar-refractivity contribution in [2.24, 2.45) is 0 Å². The third-order valence-corrected chi connectivity index (χ3v) is 4.10. The summed E-state index contributed by atoms with van der Waals surface area (Å²) in [6.07, 6.45) is 4.56. The zero-order valence-corrected chi connectivity index (χ0v) is 12.2. The van der Waals surface area contributed by atoms with Crippen LogP contribution in [0.15, 0.2) is 48.7 Å². The second-order valence-corrected chi connectivity index (χ2v) is 5.90. The molecule has 2 aromatic carbocycles. The van der Waals surface area contributed by atoms with Crippen LogP contribution in [0.5, 0.6) is 0 Å². The zero-order valence-electron chi connectivity index (χ0n) is 12.2. The van der Waals surface area contributed by atoms with Crippen LogP contribution in [-0.4, -0.2) is 15.8 Å². The monoisotopic (exact) mass is 277 g/mol. The summed E-state index contributed by atoms with van der Waals surface area (Å²) in [5.74, 6) is 0. The van der Waals surface area contributed by atoms with Crippen molar-refractivity contribution in [1.29, 1.82) is 0 Å². The molecule has 0 spiro atoms. The van der Waals surface area contributed by atoms with E-state index in [0.29, 0.717) is 6.04 Å². The molecule has 1 saturated carbocycles. The molecule has 0 amide bonds. The van der Waals surface area contributed by atoms with Crippen LogP contribution >= 0.6 is 0 Å². The van der Waals surface area contributed by atoms with Crippen LogP contribution in [0.3, 0.4) is 0 Å². The summed E-state index contributed by atoms with van der Waals surface area (Å²) in [6, 6.07) is 15.7. The minimum absolute atomic E-state index is 0.715. The van der Waals surface area contributed by atoms with Crippen molar-refractivity contribution in [3.8, 4) is 5.69 Å². The number of benzene rings is 2. The SMILES string of the molecule is Cc1ccc(-n2ncc3ccccc32)c(CNC2CC2)c1. The summed E-state index contributed by atoms with van der Waals surface area (Å²) in [6.45, 7) is 3.06. The first-order chi connectivity index (χ1) is 10.3. The lowest BCUT2D eigenvalue weighted by atomic mass is 10.1. The molecule has 1 aliphatic carbocycles. The Balaban J connectivity index is 1.79. The largest absolute Gasteiger partial charge is 0.310 e. The number of nitrogens with one attached hydrogen (secondary N) is 1. The zero-order chi connectivity index (χ0) is 14.2. The number of para-hydroxylation sites is 1. The fraction of sp³-hybridized carbons (Fsp3) is 0.278. The van der Waals surface area contributed by atoms with Crippen molar-refractivity contribution >= 4 is 10.9 Å². The van der Waals surface area contributed by atoms with Gasteiger partial charge in [0.15, 0.2) is 0 Å². The molecule has 0 unspecified atom stereocenters. The second kappa shape index (κ2) is 5.01. The van der Waals surface area contributed by atoms with Crippen molar-refractivity contribution in [3.63, 3.8) is 0 Å². The summed E-state index contributed by atoms with van der Waals surface area (Å²) in [5.41, 5.74) is 4.95. The normalized spacial score (nSPS) is 14.7. The first-order valence-electron chi connectivity index (χ1n) is 7.57. The van der Waals surface area contributed by atoms with Gasteiger partial charge in [-0.05, 0) is 37.5 Å². The highest BCUT2D eigenvalue weighted by molar-refractivity contribution is 5.80. The van der Waals surface area contributed by atoms with Crippen LogP contribution in [0.25, 0.3) is 16.6 Å². The predicted molar refractivity (Wildman–Crippen MR) is 85.7 cm³/mol. The standard InChI is InChI=1S/C18H19N3/c1-13-6-9-18(15(10-13)11-19-16-7-8-16)21-17-5-3-2-4-14(17)12-20-21/h2-6,9-10,12,16,19H,7-8,11H2,1H3. The molecule has 3 heteroatoms. The Morgan fingerprint density at radius 2 is 2.05 bits per heavy atom. The molecule has 21 heavy (non-hydrogen) atoms. The molecule has 4 rings (SSSR count). The van der Waals surface area contributed by atoms with Crippen molar-refractivity contribution in [2.75, 3.05) is 0 Å². The molecule has 0 aliphatic heterocycles. The topological polar surface area (TPSA) is 29.9 Å². The van der Waals surface area contributed by atoms with E-state index in [2.05, 4.69) is 64.5 Å². The number of fused-ring (bicyclic) bond motifs is 1. The maximum absolute atomic E-state index is 4.59. The molecule has 3 aromatic rings. The van der Waals surface area contributed by atoms with Gasteiger partial charge in [0.2, 0.25) is 0 Å². The lowest BCUT2D eigenvalue weighted by Crippen LogP contribution is -2.17. The van der Waals surface area contributed by atoms with Gasteiger partial charge in [0.25, 0.3) is 0 Å². The van der Waals surface area contributed by atoms with E-state index in [-0.39, 0.29) is 0 Å². The van der Waals surface area contributed by atoms with Crippen LogP contribution in [0.1, 0.15) is 24.0 Å². The lowest BCUT2D eigenvalue weighted by Gasteiger charge is -2.12. The van der Waals surface area contributed by atoms with Crippen LogP contribution < -0.4 is 5.32 Å². The highest BCUT2D eigenvalue weighted by atomic mass is 15.3. The van der Waals surface area contributed by atoms with E-state index in [4.69, 9.17) is 0 Å². The maximum atomic E-state index is 4.59. The molecule has 1 N–H and O–H groups in total. The third-order valence-electron chi connectivity index (χ3n) is 4.10. The Morgan fingerprint density at radius 3 is 2.90 bits per heavy atom. The van der Waals surface area contributed by atoms with Crippen LogP contribution in [0, 0.1) is 6.92 Å². The van der Waals surface area contributed by atoms with Crippen molar-refractivity contribution < 1.29 is 0 Å². The molecule has 0 radical (unpaired) electrons. The minimum Gasteiger partial charge on any atom is -0.310 e. The van der Waals surface area contributed by atoms with E-state index in [9.17, 15) is 0 Å². The van der Waals surface area contributed by atoms with Gasteiger partial charge in [0.05, 0.1) is 17.4 Å². The number of rotatable bonds is 4. The Kier molecular flexibility index (Phi) is 3.00. The van der Waals surface area contributed by atoms with E-state index in [1.807, 2.05) is 6.20 Å². The first-order valence-corrected chi connectivity index (χ1v) is 7.57. The summed E-state index contributed by atoms with van der Waals surface area (Å²) < 4.78 is 2.05. The predicted octanol–water partition coefficient (Wildman–Crippen LogP) is 3.59. The average molecular weight is 277 g/mol. The summed E-state index contributed by atoms with van der Waals surface area (Å²) in [7, 11) is 0. The molecule has 1 heterocycles. The molecular formula is C18H19N3. The minimum atomic E-state index is 0.715.